The standard InChI is InChI=1S/C7H15NO3/c1-5(3-4-11-2)6(8)7(9)10/h5-6H,3-4,8H2,1-2H3,(H,9,10). The Morgan fingerprint density at radius 2 is 2.27 bits per heavy atom. The van der Waals surface area contributed by atoms with Gasteiger partial charge in [0.2, 0.25) is 0 Å². The lowest BCUT2D eigenvalue weighted by Crippen LogP contribution is -2.37. The second kappa shape index (κ2) is 5.09. The maximum Gasteiger partial charge on any atom is 0.320 e. The van der Waals surface area contributed by atoms with E-state index in [2.05, 4.69) is 0 Å². The number of rotatable bonds is 5. The molecule has 0 bridgehead atoms. The molecule has 2 unspecified atom stereocenters. The van der Waals surface area contributed by atoms with Gasteiger partial charge in [0.05, 0.1) is 0 Å². The van der Waals surface area contributed by atoms with Crippen molar-refractivity contribution in [3.8, 4) is 0 Å². The van der Waals surface area contributed by atoms with Crippen molar-refractivity contribution in [2.45, 2.75) is 19.4 Å². The van der Waals surface area contributed by atoms with Crippen LogP contribution in [0.1, 0.15) is 13.3 Å². The Morgan fingerprint density at radius 1 is 1.73 bits per heavy atom. The highest BCUT2D eigenvalue weighted by Crippen LogP contribution is 2.05. The molecule has 0 rings (SSSR count). The van der Waals surface area contributed by atoms with Crippen molar-refractivity contribution in [3.63, 3.8) is 0 Å². The molecule has 0 radical (unpaired) electrons. The number of carboxylic acids is 1. The molecule has 0 aliphatic rings. The second-order valence-corrected chi connectivity index (χ2v) is 2.62. The highest BCUT2D eigenvalue weighted by molar-refractivity contribution is 5.73. The Labute approximate surface area is 66.3 Å². The molecule has 0 fully saturated rings. The van der Waals surface area contributed by atoms with E-state index in [-0.39, 0.29) is 5.92 Å². The van der Waals surface area contributed by atoms with E-state index in [0.29, 0.717) is 13.0 Å². The molecular weight excluding hydrogens is 146 g/mol. The minimum atomic E-state index is -0.950. The summed E-state index contributed by atoms with van der Waals surface area (Å²) in [6.07, 6.45) is 0.684. The zero-order chi connectivity index (χ0) is 8.85. The minimum Gasteiger partial charge on any atom is -0.480 e. The van der Waals surface area contributed by atoms with Gasteiger partial charge in [0.25, 0.3) is 0 Å². The van der Waals surface area contributed by atoms with Gasteiger partial charge in [-0.15, -0.1) is 0 Å². The molecule has 4 nitrogen and oxygen atoms in total. The van der Waals surface area contributed by atoms with Crippen LogP contribution in [0, 0.1) is 5.92 Å². The summed E-state index contributed by atoms with van der Waals surface area (Å²) in [5, 5.41) is 8.49. The number of nitrogens with two attached hydrogens (primary N) is 1. The first-order chi connectivity index (χ1) is 5.09. The van der Waals surface area contributed by atoms with Crippen LogP contribution in [0.5, 0.6) is 0 Å². The first kappa shape index (κ1) is 10.4. The predicted molar refractivity (Wildman–Crippen MR) is 41.3 cm³/mol. The second-order valence-electron chi connectivity index (χ2n) is 2.62. The van der Waals surface area contributed by atoms with E-state index in [4.69, 9.17) is 15.6 Å². The highest BCUT2D eigenvalue weighted by atomic mass is 16.5. The van der Waals surface area contributed by atoms with E-state index in [9.17, 15) is 4.79 Å². The number of methoxy groups -OCH3 is 1. The van der Waals surface area contributed by atoms with Crippen molar-refractivity contribution in [2.24, 2.45) is 11.7 Å². The number of aliphatic carboxylic acids is 1. The van der Waals surface area contributed by atoms with Crippen molar-refractivity contribution < 1.29 is 14.6 Å². The first-order valence-corrected chi connectivity index (χ1v) is 3.57. The molecule has 0 aromatic rings. The number of carboxylic acid groups (broad SMARTS) is 1. The summed E-state index contributed by atoms with van der Waals surface area (Å²) in [7, 11) is 1.58. The van der Waals surface area contributed by atoms with Gasteiger partial charge in [0.15, 0.2) is 0 Å². The van der Waals surface area contributed by atoms with Crippen LogP contribution >= 0.6 is 0 Å². The van der Waals surface area contributed by atoms with Crippen LogP contribution < -0.4 is 5.73 Å². The Balaban J connectivity index is 3.63. The Bertz CT molecular complexity index is 127. The molecule has 4 heteroatoms. The zero-order valence-corrected chi connectivity index (χ0v) is 6.91. The molecule has 0 heterocycles. The van der Waals surface area contributed by atoms with E-state index in [1.165, 1.54) is 0 Å². The van der Waals surface area contributed by atoms with E-state index >= 15 is 0 Å². The molecule has 3 N–H and O–H groups in total. The largest absolute Gasteiger partial charge is 0.480 e. The first-order valence-electron chi connectivity index (χ1n) is 3.57. The normalized spacial score (nSPS) is 15.9. The summed E-state index contributed by atoms with van der Waals surface area (Å²) < 4.78 is 4.79. The van der Waals surface area contributed by atoms with Gasteiger partial charge in [-0.3, -0.25) is 4.79 Å². The fourth-order valence-corrected chi connectivity index (χ4v) is 0.727. The van der Waals surface area contributed by atoms with Crippen LogP contribution in [0.4, 0.5) is 0 Å². The molecule has 66 valence electrons. The molecule has 0 aliphatic carbocycles. The Kier molecular flexibility index (Phi) is 4.81. The third kappa shape index (κ3) is 3.95. The average Bonchev–Trinajstić information content (AvgIpc) is 1.98. The van der Waals surface area contributed by atoms with Crippen molar-refractivity contribution in [3.05, 3.63) is 0 Å². The van der Waals surface area contributed by atoms with Crippen molar-refractivity contribution in [2.75, 3.05) is 13.7 Å². The molecule has 2 atom stereocenters. The molecule has 11 heavy (non-hydrogen) atoms. The molecule has 0 aromatic carbocycles. The number of hydrogen-bond donors (Lipinski definition) is 2. The van der Waals surface area contributed by atoms with Gasteiger partial charge in [0.1, 0.15) is 6.04 Å². The predicted octanol–water partition coefficient (Wildman–Crippen LogP) is 0.0709. The highest BCUT2D eigenvalue weighted by Gasteiger charge is 2.18. The van der Waals surface area contributed by atoms with Gasteiger partial charge in [-0.1, -0.05) is 6.92 Å². The van der Waals surface area contributed by atoms with Crippen LogP contribution in [-0.2, 0) is 9.53 Å². The van der Waals surface area contributed by atoms with Crippen LogP contribution in [0.25, 0.3) is 0 Å². The number of ether oxygens (including phenoxy) is 1. The summed E-state index contributed by atoms with van der Waals surface area (Å²) in [5.41, 5.74) is 5.35. The van der Waals surface area contributed by atoms with Crippen LogP contribution in [-0.4, -0.2) is 30.8 Å². The third-order valence-electron chi connectivity index (χ3n) is 1.68. The third-order valence-corrected chi connectivity index (χ3v) is 1.68. The minimum absolute atomic E-state index is 0.0348. The molecule has 0 saturated heterocycles. The Hall–Kier alpha value is -0.610. The summed E-state index contributed by atoms with van der Waals surface area (Å²) in [4.78, 5) is 10.3. The number of hydrogen-bond acceptors (Lipinski definition) is 3. The molecule has 0 saturated carbocycles. The summed E-state index contributed by atoms with van der Waals surface area (Å²) in [6.45, 7) is 2.36. The van der Waals surface area contributed by atoms with Crippen molar-refractivity contribution >= 4 is 5.97 Å². The smallest absolute Gasteiger partial charge is 0.320 e. The zero-order valence-electron chi connectivity index (χ0n) is 6.91. The maximum atomic E-state index is 10.3. The maximum absolute atomic E-state index is 10.3. The Morgan fingerprint density at radius 3 is 2.64 bits per heavy atom. The molecule has 0 amide bonds. The van der Waals surface area contributed by atoms with Crippen LogP contribution in [0.2, 0.25) is 0 Å². The topological polar surface area (TPSA) is 72.5 Å². The SMILES string of the molecule is COCCC(C)C(N)C(=O)O. The number of carbonyl (C=O) groups is 1. The lowest BCUT2D eigenvalue weighted by Gasteiger charge is -2.14. The molecule has 0 aliphatic heterocycles. The summed E-state index contributed by atoms with van der Waals surface area (Å²) in [5.74, 6) is -0.985. The van der Waals surface area contributed by atoms with Gasteiger partial charge in [-0.2, -0.15) is 0 Å². The average molecular weight is 161 g/mol. The molecule has 0 spiro atoms. The van der Waals surface area contributed by atoms with Gasteiger partial charge in [-0.25, -0.2) is 0 Å². The quantitative estimate of drug-likeness (QED) is 0.598. The van der Waals surface area contributed by atoms with Crippen molar-refractivity contribution in [1.82, 2.24) is 0 Å². The summed E-state index contributed by atoms with van der Waals surface area (Å²) >= 11 is 0. The van der Waals surface area contributed by atoms with Crippen LogP contribution in [0.15, 0.2) is 0 Å². The van der Waals surface area contributed by atoms with E-state index in [1.807, 2.05) is 0 Å². The van der Waals surface area contributed by atoms with Gasteiger partial charge < -0.3 is 15.6 Å². The van der Waals surface area contributed by atoms with E-state index in [1.54, 1.807) is 14.0 Å². The van der Waals surface area contributed by atoms with Crippen molar-refractivity contribution in [1.29, 1.82) is 0 Å². The fourth-order valence-electron chi connectivity index (χ4n) is 0.727. The lowest BCUT2D eigenvalue weighted by molar-refractivity contribution is -0.139. The van der Waals surface area contributed by atoms with Gasteiger partial charge >= 0.3 is 5.97 Å². The van der Waals surface area contributed by atoms with E-state index in [0.717, 1.165) is 0 Å². The van der Waals surface area contributed by atoms with Crippen LogP contribution in [0.3, 0.4) is 0 Å². The fraction of sp³-hybridized carbons (Fsp3) is 0.857. The summed E-state index contributed by atoms with van der Waals surface area (Å²) in [6, 6.07) is -0.773. The monoisotopic (exact) mass is 161 g/mol. The van der Waals surface area contributed by atoms with Gasteiger partial charge in [-0.05, 0) is 12.3 Å². The van der Waals surface area contributed by atoms with E-state index < -0.39 is 12.0 Å². The lowest BCUT2D eigenvalue weighted by atomic mass is 10.00. The molecular formula is C7H15NO3. The molecule has 0 aromatic heterocycles. The van der Waals surface area contributed by atoms with Gasteiger partial charge in [0, 0.05) is 13.7 Å².